The predicted octanol–water partition coefficient (Wildman–Crippen LogP) is 3.25. The summed E-state index contributed by atoms with van der Waals surface area (Å²) in [6.07, 6.45) is 4.08. The molecule has 20 heavy (non-hydrogen) atoms. The predicted molar refractivity (Wildman–Crippen MR) is 82.2 cm³/mol. The summed E-state index contributed by atoms with van der Waals surface area (Å²) in [5.41, 5.74) is 3.24. The Balaban J connectivity index is 1.80. The van der Waals surface area contributed by atoms with Crippen LogP contribution >= 0.6 is 11.8 Å². The molecule has 0 bridgehead atoms. The van der Waals surface area contributed by atoms with Crippen LogP contribution in [0.1, 0.15) is 35.5 Å². The van der Waals surface area contributed by atoms with E-state index in [0.29, 0.717) is 5.75 Å². The maximum absolute atomic E-state index is 12.1. The fourth-order valence-electron chi connectivity index (χ4n) is 2.59. The van der Waals surface area contributed by atoms with E-state index in [1.165, 1.54) is 10.5 Å². The molecule has 1 aromatic carbocycles. The molecule has 0 saturated carbocycles. The Morgan fingerprint density at radius 1 is 1.25 bits per heavy atom. The van der Waals surface area contributed by atoms with E-state index in [9.17, 15) is 4.79 Å². The molecule has 4 heteroatoms. The average Bonchev–Trinajstić information content (AvgIpc) is 2.46. The van der Waals surface area contributed by atoms with Crippen molar-refractivity contribution in [2.45, 2.75) is 43.3 Å². The summed E-state index contributed by atoms with van der Waals surface area (Å²) in [5, 5.41) is 0. The number of aromatic amines is 1. The van der Waals surface area contributed by atoms with Gasteiger partial charge in [-0.05, 0) is 44.2 Å². The average molecular weight is 286 g/mol. The number of nitrogens with one attached hydrogen (secondary N) is 1. The smallest absolute Gasteiger partial charge is 0.254 e. The lowest BCUT2D eigenvalue weighted by molar-refractivity contribution is 0.651. The van der Waals surface area contributed by atoms with Crippen molar-refractivity contribution in [2.75, 3.05) is 0 Å². The molecule has 2 aromatic rings. The Morgan fingerprint density at radius 3 is 2.90 bits per heavy atom. The highest BCUT2D eigenvalue weighted by Crippen LogP contribution is 2.25. The van der Waals surface area contributed by atoms with Gasteiger partial charge in [0.15, 0.2) is 0 Å². The normalized spacial score (nSPS) is 14.1. The van der Waals surface area contributed by atoms with Crippen LogP contribution < -0.4 is 5.56 Å². The van der Waals surface area contributed by atoms with E-state index < -0.39 is 0 Å². The quantitative estimate of drug-likeness (QED) is 0.881. The fourth-order valence-corrected chi connectivity index (χ4v) is 3.49. The van der Waals surface area contributed by atoms with Crippen LogP contribution in [0.15, 0.2) is 34.0 Å². The van der Waals surface area contributed by atoms with Gasteiger partial charge in [-0.3, -0.25) is 4.79 Å². The molecule has 3 rings (SSSR count). The van der Waals surface area contributed by atoms with E-state index in [-0.39, 0.29) is 5.56 Å². The number of aryl methyl sites for hydroxylation is 2. The van der Waals surface area contributed by atoms with Crippen molar-refractivity contribution in [3.8, 4) is 0 Å². The highest BCUT2D eigenvalue weighted by atomic mass is 32.2. The van der Waals surface area contributed by atoms with Gasteiger partial charge >= 0.3 is 0 Å². The summed E-state index contributed by atoms with van der Waals surface area (Å²) in [4.78, 5) is 20.9. The summed E-state index contributed by atoms with van der Waals surface area (Å²) in [6, 6.07) is 8.29. The van der Waals surface area contributed by atoms with Crippen LogP contribution in [0, 0.1) is 6.92 Å². The van der Waals surface area contributed by atoms with E-state index >= 15 is 0 Å². The molecule has 0 aliphatic heterocycles. The van der Waals surface area contributed by atoms with Gasteiger partial charge in [0.1, 0.15) is 5.82 Å². The molecule has 0 amide bonds. The Labute approximate surface area is 122 Å². The van der Waals surface area contributed by atoms with Crippen LogP contribution in [-0.4, -0.2) is 9.97 Å². The topological polar surface area (TPSA) is 45.8 Å². The van der Waals surface area contributed by atoms with E-state index in [2.05, 4.69) is 29.0 Å². The van der Waals surface area contributed by atoms with Gasteiger partial charge in [-0.25, -0.2) is 4.98 Å². The zero-order valence-electron chi connectivity index (χ0n) is 11.6. The van der Waals surface area contributed by atoms with Crippen molar-refractivity contribution in [3.63, 3.8) is 0 Å². The number of hydrogen-bond acceptors (Lipinski definition) is 3. The number of benzene rings is 1. The Hall–Kier alpha value is -1.55. The number of thioether (sulfide) groups is 1. The molecule has 1 heterocycles. The minimum absolute atomic E-state index is 0.0649. The fraction of sp³-hybridized carbons (Fsp3) is 0.375. The molecule has 1 aromatic heterocycles. The molecule has 0 fully saturated rings. The molecular weight excluding hydrogens is 268 g/mol. The first kappa shape index (κ1) is 13.4. The van der Waals surface area contributed by atoms with Gasteiger partial charge < -0.3 is 4.98 Å². The number of rotatable bonds is 3. The van der Waals surface area contributed by atoms with Crippen molar-refractivity contribution in [2.24, 2.45) is 0 Å². The Kier molecular flexibility index (Phi) is 3.92. The van der Waals surface area contributed by atoms with Gasteiger partial charge in [0.2, 0.25) is 0 Å². The number of fused-ring (bicyclic) bond motifs is 1. The van der Waals surface area contributed by atoms with Gasteiger partial charge in [0, 0.05) is 10.5 Å². The van der Waals surface area contributed by atoms with Crippen LogP contribution in [0.25, 0.3) is 0 Å². The van der Waals surface area contributed by atoms with E-state index in [1.54, 1.807) is 11.8 Å². The minimum Gasteiger partial charge on any atom is -0.310 e. The lowest BCUT2D eigenvalue weighted by Crippen LogP contribution is -2.22. The summed E-state index contributed by atoms with van der Waals surface area (Å²) < 4.78 is 0. The standard InChI is InChI=1S/C16H18N2OS/c1-11-6-2-5-9-14(11)20-10-15-17-13-8-4-3-7-12(13)16(19)18-15/h2,5-6,9H,3-4,7-8,10H2,1H3,(H,17,18,19). The van der Waals surface area contributed by atoms with Gasteiger partial charge in [0.25, 0.3) is 5.56 Å². The number of hydrogen-bond donors (Lipinski definition) is 1. The van der Waals surface area contributed by atoms with Crippen molar-refractivity contribution in [1.29, 1.82) is 0 Å². The van der Waals surface area contributed by atoms with Crippen LogP contribution in [0.3, 0.4) is 0 Å². The first-order valence-corrected chi connectivity index (χ1v) is 8.02. The van der Waals surface area contributed by atoms with Crippen molar-refractivity contribution < 1.29 is 0 Å². The molecule has 1 aliphatic carbocycles. The second-order valence-electron chi connectivity index (χ2n) is 5.20. The Bertz CT molecular complexity index is 678. The van der Waals surface area contributed by atoms with Crippen molar-refractivity contribution in [3.05, 3.63) is 57.3 Å². The molecule has 104 valence electrons. The zero-order valence-corrected chi connectivity index (χ0v) is 12.4. The first-order valence-electron chi connectivity index (χ1n) is 7.03. The summed E-state index contributed by atoms with van der Waals surface area (Å²) >= 11 is 1.73. The highest BCUT2D eigenvalue weighted by Gasteiger charge is 2.15. The second-order valence-corrected chi connectivity index (χ2v) is 6.22. The molecule has 0 spiro atoms. The van der Waals surface area contributed by atoms with Crippen molar-refractivity contribution in [1.82, 2.24) is 9.97 Å². The highest BCUT2D eigenvalue weighted by molar-refractivity contribution is 7.98. The third-order valence-corrected chi connectivity index (χ3v) is 4.89. The first-order chi connectivity index (χ1) is 9.74. The maximum atomic E-state index is 12.1. The number of H-pyrrole nitrogens is 1. The minimum atomic E-state index is 0.0649. The van der Waals surface area contributed by atoms with Crippen LogP contribution in [0.2, 0.25) is 0 Å². The third-order valence-electron chi connectivity index (χ3n) is 3.70. The molecule has 1 aliphatic rings. The van der Waals surface area contributed by atoms with E-state index in [0.717, 1.165) is 42.8 Å². The molecule has 0 radical (unpaired) electrons. The summed E-state index contributed by atoms with van der Waals surface area (Å²) in [6.45, 7) is 2.10. The molecule has 0 atom stereocenters. The Morgan fingerprint density at radius 2 is 2.05 bits per heavy atom. The molecule has 3 nitrogen and oxygen atoms in total. The van der Waals surface area contributed by atoms with Gasteiger partial charge in [-0.1, -0.05) is 18.2 Å². The van der Waals surface area contributed by atoms with E-state index in [1.807, 2.05) is 12.1 Å². The molecule has 1 N–H and O–H groups in total. The monoisotopic (exact) mass is 286 g/mol. The zero-order chi connectivity index (χ0) is 13.9. The largest absolute Gasteiger partial charge is 0.310 e. The molecule has 0 saturated heterocycles. The maximum Gasteiger partial charge on any atom is 0.254 e. The summed E-state index contributed by atoms with van der Waals surface area (Å²) in [7, 11) is 0. The van der Waals surface area contributed by atoms with Gasteiger partial charge in [-0.2, -0.15) is 0 Å². The SMILES string of the molecule is Cc1ccccc1SCc1nc2c(c(=O)[nH]1)CCCC2. The summed E-state index contributed by atoms with van der Waals surface area (Å²) in [5.74, 6) is 1.51. The molecule has 0 unspecified atom stereocenters. The second kappa shape index (κ2) is 5.83. The third kappa shape index (κ3) is 2.80. The van der Waals surface area contributed by atoms with E-state index in [4.69, 9.17) is 0 Å². The van der Waals surface area contributed by atoms with Gasteiger partial charge in [0.05, 0.1) is 11.4 Å². The van der Waals surface area contributed by atoms with Crippen molar-refractivity contribution >= 4 is 11.8 Å². The lowest BCUT2D eigenvalue weighted by atomic mass is 9.97. The molecular formula is C16H18N2OS. The number of aromatic nitrogens is 2. The lowest BCUT2D eigenvalue weighted by Gasteiger charge is -2.14. The van der Waals surface area contributed by atoms with Crippen LogP contribution in [-0.2, 0) is 18.6 Å². The number of nitrogens with zero attached hydrogens (tertiary/aromatic N) is 1. The van der Waals surface area contributed by atoms with Crippen LogP contribution in [0.5, 0.6) is 0 Å². The van der Waals surface area contributed by atoms with Gasteiger partial charge in [-0.15, -0.1) is 11.8 Å². The van der Waals surface area contributed by atoms with Crippen LogP contribution in [0.4, 0.5) is 0 Å².